The Morgan fingerprint density at radius 3 is 2.12 bits per heavy atom. The fourth-order valence-electron chi connectivity index (χ4n) is 4.26. The molecular formula is C22H28N2O2. The molecule has 26 heavy (non-hydrogen) atoms. The number of rotatable bonds is 7. The van der Waals surface area contributed by atoms with Crippen LogP contribution in [0.25, 0.3) is 11.4 Å². The Balaban J connectivity index is 2.13. The van der Waals surface area contributed by atoms with E-state index < -0.39 is 0 Å². The first-order valence-electron chi connectivity index (χ1n) is 9.61. The van der Waals surface area contributed by atoms with Gasteiger partial charge in [-0.1, -0.05) is 39.3 Å². The number of esters is 1. The first kappa shape index (κ1) is 18.6. The molecule has 4 heteroatoms. The van der Waals surface area contributed by atoms with Crippen LogP contribution in [0, 0.1) is 11.8 Å². The number of ether oxygens (including phenoxy) is 1. The Hall–Kier alpha value is -2.23. The molecule has 138 valence electrons. The van der Waals surface area contributed by atoms with Crippen LogP contribution in [-0.4, -0.2) is 22.5 Å². The molecule has 2 atom stereocenters. The summed E-state index contributed by atoms with van der Waals surface area (Å²) in [5, 5.41) is 0. The number of nitrogens with zero attached hydrogens (tertiary/aromatic N) is 2. The van der Waals surface area contributed by atoms with E-state index in [-0.39, 0.29) is 17.3 Å². The average molecular weight is 352 g/mol. The Morgan fingerprint density at radius 1 is 1.04 bits per heavy atom. The highest BCUT2D eigenvalue weighted by atomic mass is 16.5. The van der Waals surface area contributed by atoms with Gasteiger partial charge < -0.3 is 4.74 Å². The van der Waals surface area contributed by atoms with E-state index in [0.717, 1.165) is 24.2 Å². The van der Waals surface area contributed by atoms with Gasteiger partial charge in [0.1, 0.15) is 0 Å². The minimum Gasteiger partial charge on any atom is -0.466 e. The minimum absolute atomic E-state index is 0.126. The molecule has 0 saturated carbocycles. The summed E-state index contributed by atoms with van der Waals surface area (Å²) in [6, 6.07) is 8.30. The summed E-state index contributed by atoms with van der Waals surface area (Å²) in [6.07, 6.45) is 6.44. The lowest BCUT2D eigenvalue weighted by Gasteiger charge is -2.35. The second kappa shape index (κ2) is 7.56. The van der Waals surface area contributed by atoms with E-state index >= 15 is 0 Å². The standard InChI is InChI=1S/C22H28N2O2/c1-5-15(3)13-22(14-16(4)21(25)26-6-2)17-9-7-11-23-19(17)20-18(22)10-8-12-24-20/h7-12,15-16H,5-6,13-14H2,1-4H3. The van der Waals surface area contributed by atoms with Gasteiger partial charge in [0.15, 0.2) is 0 Å². The van der Waals surface area contributed by atoms with Gasteiger partial charge in [-0.2, -0.15) is 0 Å². The number of carbonyl (C=O) groups is 1. The van der Waals surface area contributed by atoms with E-state index in [1.165, 1.54) is 11.1 Å². The van der Waals surface area contributed by atoms with Crippen LogP contribution in [0.15, 0.2) is 36.7 Å². The fourth-order valence-corrected chi connectivity index (χ4v) is 4.26. The van der Waals surface area contributed by atoms with Gasteiger partial charge in [-0.25, -0.2) is 0 Å². The molecule has 0 aromatic carbocycles. The normalized spacial score (nSPS) is 16.5. The van der Waals surface area contributed by atoms with Crippen LogP contribution < -0.4 is 0 Å². The third-order valence-electron chi connectivity index (χ3n) is 5.61. The summed E-state index contributed by atoms with van der Waals surface area (Å²) in [7, 11) is 0. The highest BCUT2D eigenvalue weighted by molar-refractivity contribution is 5.77. The highest BCUT2D eigenvalue weighted by Gasteiger charge is 2.46. The molecule has 2 heterocycles. The molecular weight excluding hydrogens is 324 g/mol. The van der Waals surface area contributed by atoms with Crippen molar-refractivity contribution >= 4 is 5.97 Å². The van der Waals surface area contributed by atoms with Crippen LogP contribution in [0.1, 0.15) is 58.1 Å². The smallest absolute Gasteiger partial charge is 0.308 e. The van der Waals surface area contributed by atoms with Crippen LogP contribution in [0.3, 0.4) is 0 Å². The van der Waals surface area contributed by atoms with Gasteiger partial charge in [-0.15, -0.1) is 0 Å². The van der Waals surface area contributed by atoms with Gasteiger partial charge in [0.25, 0.3) is 0 Å². The van der Waals surface area contributed by atoms with Crippen LogP contribution in [0.2, 0.25) is 0 Å². The molecule has 0 bridgehead atoms. The van der Waals surface area contributed by atoms with Crippen molar-refractivity contribution in [2.24, 2.45) is 11.8 Å². The molecule has 1 aliphatic rings. The number of fused-ring (bicyclic) bond motifs is 3. The molecule has 4 nitrogen and oxygen atoms in total. The van der Waals surface area contributed by atoms with Crippen LogP contribution >= 0.6 is 0 Å². The van der Waals surface area contributed by atoms with Gasteiger partial charge in [0.05, 0.1) is 23.9 Å². The Morgan fingerprint density at radius 2 is 1.62 bits per heavy atom. The summed E-state index contributed by atoms with van der Waals surface area (Å²) in [5.74, 6) is 0.223. The number of carbonyl (C=O) groups excluding carboxylic acids is 1. The Labute approximate surface area is 156 Å². The molecule has 2 aromatic rings. The minimum atomic E-state index is -0.241. The van der Waals surface area contributed by atoms with Gasteiger partial charge in [-0.3, -0.25) is 14.8 Å². The zero-order valence-electron chi connectivity index (χ0n) is 16.2. The summed E-state index contributed by atoms with van der Waals surface area (Å²) < 4.78 is 5.30. The monoisotopic (exact) mass is 352 g/mol. The van der Waals surface area contributed by atoms with E-state index in [0.29, 0.717) is 18.9 Å². The highest BCUT2D eigenvalue weighted by Crippen LogP contribution is 2.53. The summed E-state index contributed by atoms with van der Waals surface area (Å²) in [6.45, 7) is 8.74. The summed E-state index contributed by atoms with van der Waals surface area (Å²) in [4.78, 5) is 21.7. The molecule has 3 rings (SSSR count). The fraction of sp³-hybridized carbons (Fsp3) is 0.500. The quantitative estimate of drug-likeness (QED) is 0.674. The molecule has 0 spiro atoms. The lowest BCUT2D eigenvalue weighted by Crippen LogP contribution is -2.33. The molecule has 0 amide bonds. The Kier molecular flexibility index (Phi) is 5.40. The SMILES string of the molecule is CCOC(=O)C(C)CC1(CC(C)CC)c2cccnc2-c2ncccc21. The first-order valence-corrected chi connectivity index (χ1v) is 9.61. The van der Waals surface area contributed by atoms with Crippen molar-refractivity contribution in [2.45, 2.75) is 52.4 Å². The topological polar surface area (TPSA) is 52.1 Å². The molecule has 0 radical (unpaired) electrons. The lowest BCUT2D eigenvalue weighted by molar-refractivity contribution is -0.148. The largest absolute Gasteiger partial charge is 0.466 e. The Bertz CT molecular complexity index is 742. The van der Waals surface area contributed by atoms with Gasteiger partial charge in [-0.05, 0) is 48.9 Å². The summed E-state index contributed by atoms with van der Waals surface area (Å²) >= 11 is 0. The third kappa shape index (κ3) is 3.13. The zero-order valence-corrected chi connectivity index (χ0v) is 16.2. The van der Waals surface area contributed by atoms with Crippen LogP contribution in [-0.2, 0) is 14.9 Å². The van der Waals surface area contributed by atoms with Gasteiger partial charge in [0, 0.05) is 17.8 Å². The maximum Gasteiger partial charge on any atom is 0.308 e. The predicted octanol–water partition coefficient (Wildman–Crippen LogP) is 4.77. The van der Waals surface area contributed by atoms with Crippen molar-refractivity contribution in [3.8, 4) is 11.4 Å². The van der Waals surface area contributed by atoms with Crippen molar-refractivity contribution in [3.63, 3.8) is 0 Å². The maximum atomic E-state index is 12.4. The number of pyridine rings is 2. The van der Waals surface area contributed by atoms with E-state index in [4.69, 9.17) is 4.74 Å². The second-order valence-corrected chi connectivity index (χ2v) is 7.46. The van der Waals surface area contributed by atoms with Crippen molar-refractivity contribution < 1.29 is 9.53 Å². The molecule has 0 fully saturated rings. The van der Waals surface area contributed by atoms with E-state index in [1.54, 1.807) is 0 Å². The van der Waals surface area contributed by atoms with Crippen LogP contribution in [0.5, 0.6) is 0 Å². The molecule has 0 N–H and O–H groups in total. The van der Waals surface area contributed by atoms with Crippen molar-refractivity contribution in [2.75, 3.05) is 6.61 Å². The number of hydrogen-bond acceptors (Lipinski definition) is 4. The zero-order chi connectivity index (χ0) is 18.7. The molecule has 0 saturated heterocycles. The van der Waals surface area contributed by atoms with E-state index in [1.807, 2.05) is 38.4 Å². The van der Waals surface area contributed by atoms with E-state index in [2.05, 4.69) is 35.9 Å². The molecule has 2 aromatic heterocycles. The van der Waals surface area contributed by atoms with Gasteiger partial charge >= 0.3 is 5.97 Å². The maximum absolute atomic E-state index is 12.4. The predicted molar refractivity (Wildman–Crippen MR) is 103 cm³/mol. The summed E-state index contributed by atoms with van der Waals surface area (Å²) in [5.41, 5.74) is 4.08. The van der Waals surface area contributed by atoms with Crippen molar-refractivity contribution in [3.05, 3.63) is 47.8 Å². The lowest BCUT2D eigenvalue weighted by atomic mass is 9.67. The van der Waals surface area contributed by atoms with Crippen molar-refractivity contribution in [1.29, 1.82) is 0 Å². The first-order chi connectivity index (χ1) is 12.5. The molecule has 0 aliphatic heterocycles. The molecule has 2 unspecified atom stereocenters. The number of aromatic nitrogens is 2. The number of hydrogen-bond donors (Lipinski definition) is 0. The van der Waals surface area contributed by atoms with E-state index in [9.17, 15) is 4.79 Å². The third-order valence-corrected chi connectivity index (χ3v) is 5.61. The second-order valence-electron chi connectivity index (χ2n) is 7.46. The average Bonchev–Trinajstić information content (AvgIpc) is 2.92. The van der Waals surface area contributed by atoms with Gasteiger partial charge in [0.2, 0.25) is 0 Å². The van der Waals surface area contributed by atoms with Crippen molar-refractivity contribution in [1.82, 2.24) is 9.97 Å². The molecule has 1 aliphatic carbocycles. The van der Waals surface area contributed by atoms with Crippen LogP contribution in [0.4, 0.5) is 0 Å².